The number of aryl methyl sites for hydroxylation is 1. The van der Waals surface area contributed by atoms with Crippen molar-refractivity contribution in [3.8, 4) is 5.75 Å². The summed E-state index contributed by atoms with van der Waals surface area (Å²) >= 11 is 6.44. The van der Waals surface area contributed by atoms with Crippen LogP contribution in [0.4, 0.5) is 0 Å². The standard InChI is InChI=1S/C24H32ClNO2/c1-23(2,3)17-11-14(12-18(22(17)28)24(4,5)6)7-10-19(27)21-20(25)16(13-26-21)15-8-9-15/h11-13,15,26,28H,7-10H2,1-6H3. The molecule has 0 radical (unpaired) electrons. The zero-order valence-corrected chi connectivity index (χ0v) is 18.6. The molecule has 1 heterocycles. The van der Waals surface area contributed by atoms with Gasteiger partial charge in [-0.15, -0.1) is 0 Å². The fourth-order valence-electron chi connectivity index (χ4n) is 3.68. The number of nitrogens with one attached hydrogen (secondary N) is 1. The minimum absolute atomic E-state index is 0.0413. The maximum Gasteiger partial charge on any atom is 0.180 e. The third kappa shape index (κ3) is 4.30. The van der Waals surface area contributed by atoms with Crippen LogP contribution >= 0.6 is 11.6 Å². The minimum Gasteiger partial charge on any atom is -0.507 e. The maximum atomic E-state index is 12.8. The molecule has 3 rings (SSSR count). The van der Waals surface area contributed by atoms with E-state index in [-0.39, 0.29) is 16.6 Å². The highest BCUT2D eigenvalue weighted by Crippen LogP contribution is 2.44. The molecule has 0 bridgehead atoms. The molecule has 0 atom stereocenters. The number of aromatic amines is 1. The van der Waals surface area contributed by atoms with Gasteiger partial charge in [-0.05, 0) is 58.3 Å². The molecule has 2 aromatic rings. The molecule has 3 nitrogen and oxygen atoms in total. The van der Waals surface area contributed by atoms with Crippen LogP contribution in [0, 0.1) is 0 Å². The van der Waals surface area contributed by atoms with E-state index in [1.165, 1.54) is 0 Å². The Balaban J connectivity index is 1.84. The summed E-state index contributed by atoms with van der Waals surface area (Å²) in [6, 6.07) is 4.09. The van der Waals surface area contributed by atoms with Crippen LogP contribution in [0.1, 0.15) is 99.5 Å². The smallest absolute Gasteiger partial charge is 0.180 e. The third-order valence-corrected chi connectivity index (χ3v) is 5.97. The van der Waals surface area contributed by atoms with Crippen LogP contribution < -0.4 is 0 Å². The van der Waals surface area contributed by atoms with Gasteiger partial charge in [0.2, 0.25) is 0 Å². The molecule has 1 aromatic carbocycles. The minimum atomic E-state index is -0.175. The van der Waals surface area contributed by atoms with E-state index in [2.05, 4.69) is 46.5 Å². The molecular formula is C24H32ClNO2. The molecule has 152 valence electrons. The van der Waals surface area contributed by atoms with Gasteiger partial charge in [0.05, 0.1) is 5.02 Å². The molecule has 0 amide bonds. The number of hydrogen-bond donors (Lipinski definition) is 2. The molecule has 0 unspecified atom stereocenters. The Bertz CT molecular complexity index is 857. The van der Waals surface area contributed by atoms with Gasteiger partial charge in [0, 0.05) is 12.6 Å². The summed E-state index contributed by atoms with van der Waals surface area (Å²) in [5.74, 6) is 0.933. The van der Waals surface area contributed by atoms with Gasteiger partial charge in [-0.2, -0.15) is 0 Å². The van der Waals surface area contributed by atoms with Gasteiger partial charge < -0.3 is 10.1 Å². The van der Waals surface area contributed by atoms with Gasteiger partial charge in [-0.1, -0.05) is 65.3 Å². The first-order valence-corrected chi connectivity index (χ1v) is 10.5. The molecule has 1 fully saturated rings. The van der Waals surface area contributed by atoms with Crippen LogP contribution in [-0.4, -0.2) is 15.9 Å². The quantitative estimate of drug-likeness (QED) is 0.550. The van der Waals surface area contributed by atoms with E-state index in [1.807, 2.05) is 18.3 Å². The number of phenolic OH excluding ortho intramolecular Hbond substituents is 1. The van der Waals surface area contributed by atoms with E-state index >= 15 is 0 Å². The molecule has 4 heteroatoms. The van der Waals surface area contributed by atoms with Crippen molar-refractivity contribution < 1.29 is 9.90 Å². The van der Waals surface area contributed by atoms with Crippen molar-refractivity contribution in [3.05, 3.63) is 51.3 Å². The number of carbonyl (C=O) groups is 1. The van der Waals surface area contributed by atoms with Crippen molar-refractivity contribution in [3.63, 3.8) is 0 Å². The fraction of sp³-hybridized carbons (Fsp3) is 0.542. The highest BCUT2D eigenvalue weighted by molar-refractivity contribution is 6.34. The number of halogens is 1. The van der Waals surface area contributed by atoms with Crippen molar-refractivity contribution >= 4 is 17.4 Å². The molecule has 2 N–H and O–H groups in total. The van der Waals surface area contributed by atoms with Gasteiger partial charge in [-0.25, -0.2) is 0 Å². The lowest BCUT2D eigenvalue weighted by atomic mass is 9.78. The second-order valence-corrected chi connectivity index (χ2v) is 10.5. The molecular weight excluding hydrogens is 370 g/mol. The van der Waals surface area contributed by atoms with Crippen LogP contribution in [0.3, 0.4) is 0 Å². The summed E-state index contributed by atoms with van der Waals surface area (Å²) in [6.45, 7) is 12.6. The number of hydrogen-bond acceptors (Lipinski definition) is 2. The molecule has 0 spiro atoms. The highest BCUT2D eigenvalue weighted by Gasteiger charge is 2.30. The van der Waals surface area contributed by atoms with Crippen LogP contribution in [-0.2, 0) is 17.3 Å². The number of aromatic nitrogens is 1. The zero-order chi connectivity index (χ0) is 20.9. The molecule has 1 aliphatic carbocycles. The van der Waals surface area contributed by atoms with Crippen molar-refractivity contribution in [2.75, 3.05) is 0 Å². The summed E-state index contributed by atoms with van der Waals surface area (Å²) in [4.78, 5) is 15.9. The average molecular weight is 402 g/mol. The Morgan fingerprint density at radius 1 is 1.11 bits per heavy atom. The Morgan fingerprint density at radius 2 is 1.64 bits per heavy atom. The lowest BCUT2D eigenvalue weighted by Gasteiger charge is -2.28. The monoisotopic (exact) mass is 401 g/mol. The highest BCUT2D eigenvalue weighted by atomic mass is 35.5. The average Bonchev–Trinajstić information content (AvgIpc) is 3.33. The molecule has 28 heavy (non-hydrogen) atoms. The lowest BCUT2D eigenvalue weighted by molar-refractivity contribution is 0.0978. The number of phenols is 1. The van der Waals surface area contributed by atoms with Gasteiger partial charge in [0.25, 0.3) is 0 Å². The topological polar surface area (TPSA) is 53.1 Å². The second kappa shape index (κ2) is 7.26. The van der Waals surface area contributed by atoms with E-state index in [0.29, 0.717) is 35.2 Å². The van der Waals surface area contributed by atoms with Crippen molar-refractivity contribution in [2.45, 2.75) is 84.0 Å². The summed E-state index contributed by atoms with van der Waals surface area (Å²) in [5.41, 5.74) is 4.20. The van der Waals surface area contributed by atoms with Crippen molar-refractivity contribution in [2.24, 2.45) is 0 Å². The van der Waals surface area contributed by atoms with E-state index in [1.54, 1.807) is 0 Å². The summed E-state index contributed by atoms with van der Waals surface area (Å²) in [6.07, 6.45) is 5.22. The summed E-state index contributed by atoms with van der Waals surface area (Å²) < 4.78 is 0. The Labute approximate surface area is 173 Å². The molecule has 1 saturated carbocycles. The number of benzene rings is 1. The van der Waals surface area contributed by atoms with Crippen LogP contribution in [0.15, 0.2) is 18.3 Å². The number of H-pyrrole nitrogens is 1. The van der Waals surface area contributed by atoms with Crippen LogP contribution in [0.25, 0.3) is 0 Å². The number of aromatic hydroxyl groups is 1. The molecule has 1 aromatic heterocycles. The summed E-state index contributed by atoms with van der Waals surface area (Å²) in [7, 11) is 0. The molecule has 0 saturated heterocycles. The predicted molar refractivity (Wildman–Crippen MR) is 116 cm³/mol. The van der Waals surface area contributed by atoms with E-state index in [9.17, 15) is 9.90 Å². The van der Waals surface area contributed by atoms with Crippen molar-refractivity contribution in [1.82, 2.24) is 4.98 Å². The first-order valence-electron chi connectivity index (χ1n) is 10.2. The zero-order valence-electron chi connectivity index (χ0n) is 17.9. The van der Waals surface area contributed by atoms with E-state index in [4.69, 9.17) is 11.6 Å². The third-order valence-electron chi connectivity index (χ3n) is 5.57. The fourth-order valence-corrected chi connectivity index (χ4v) is 4.05. The number of carbonyl (C=O) groups excluding carboxylic acids is 1. The molecule has 0 aliphatic heterocycles. The summed E-state index contributed by atoms with van der Waals surface area (Å²) in [5, 5.41) is 11.4. The SMILES string of the molecule is CC(C)(C)c1cc(CCC(=O)c2[nH]cc(C3CC3)c2Cl)cc(C(C)(C)C)c1O. The molecule has 1 aliphatic rings. The lowest BCUT2D eigenvalue weighted by Crippen LogP contribution is -2.18. The first kappa shape index (κ1) is 21.0. The largest absolute Gasteiger partial charge is 0.507 e. The normalized spacial score (nSPS) is 15.1. The Hall–Kier alpha value is -1.74. The predicted octanol–water partition coefficient (Wildman–Crippen LogP) is 6.66. The van der Waals surface area contributed by atoms with Gasteiger partial charge in [0.15, 0.2) is 5.78 Å². The van der Waals surface area contributed by atoms with E-state index in [0.717, 1.165) is 35.1 Å². The van der Waals surface area contributed by atoms with E-state index < -0.39 is 0 Å². The van der Waals surface area contributed by atoms with Gasteiger partial charge in [-0.3, -0.25) is 4.79 Å². The van der Waals surface area contributed by atoms with Gasteiger partial charge in [0.1, 0.15) is 11.4 Å². The van der Waals surface area contributed by atoms with Crippen LogP contribution in [0.5, 0.6) is 5.75 Å². The Kier molecular flexibility index (Phi) is 5.44. The number of rotatable bonds is 5. The van der Waals surface area contributed by atoms with Crippen molar-refractivity contribution in [1.29, 1.82) is 0 Å². The number of ketones is 1. The number of Topliss-reactive ketones (excluding diaryl/α,β-unsaturated/α-hetero) is 1. The maximum absolute atomic E-state index is 12.8. The Morgan fingerprint density at radius 3 is 2.11 bits per heavy atom. The van der Waals surface area contributed by atoms with Gasteiger partial charge >= 0.3 is 0 Å². The van der Waals surface area contributed by atoms with Crippen LogP contribution in [0.2, 0.25) is 5.02 Å². The first-order chi connectivity index (χ1) is 12.9. The second-order valence-electron chi connectivity index (χ2n) is 10.2.